The Hall–Kier alpha value is -6.78. The summed E-state index contributed by atoms with van der Waals surface area (Å²) in [7, 11) is 0. The Labute approximate surface area is 263 Å². The van der Waals surface area contributed by atoms with Crippen molar-refractivity contribution in [3.63, 3.8) is 0 Å². The Bertz CT molecular complexity index is 2300. The third-order valence-corrected chi connectivity index (χ3v) is 7.93. The molecule has 3 heterocycles. The van der Waals surface area contributed by atoms with Crippen LogP contribution in [-0.4, -0.2) is 52.9 Å². The molecule has 3 aromatic heterocycles. The van der Waals surface area contributed by atoms with Crippen molar-refractivity contribution in [2.24, 2.45) is 5.73 Å². The number of fused-ring (bicyclic) bond motifs is 2. The smallest absolute Gasteiger partial charge is 0.270 e. The Morgan fingerprint density at radius 2 is 1.89 bits per heavy atom. The molecule has 0 saturated heterocycles. The molecule has 8 N–H and O–H groups in total. The Kier molecular flexibility index (Phi) is 6.96. The minimum absolute atomic E-state index is 0.0141. The number of carbonyl (C=O) groups excluding carboxylic acids is 3. The van der Waals surface area contributed by atoms with Crippen LogP contribution in [0.1, 0.15) is 60.5 Å². The largest absolute Gasteiger partial charge is 0.394 e. The van der Waals surface area contributed by atoms with Gasteiger partial charge in [-0.2, -0.15) is 10.3 Å². The number of aryl methyl sites for hydroxylation is 1. The van der Waals surface area contributed by atoms with Crippen molar-refractivity contribution in [2.75, 3.05) is 11.1 Å². The molecule has 0 unspecified atom stereocenters. The van der Waals surface area contributed by atoms with E-state index in [9.17, 15) is 24.0 Å². The van der Waals surface area contributed by atoms with Crippen LogP contribution in [0.2, 0.25) is 0 Å². The lowest BCUT2D eigenvalue weighted by molar-refractivity contribution is 0.0927. The molecule has 3 aromatic carbocycles. The fraction of sp³-hybridized carbons (Fsp3) is 0.133. The number of primary amides is 1. The maximum absolute atomic E-state index is 13.7. The third kappa shape index (κ3) is 5.20. The summed E-state index contributed by atoms with van der Waals surface area (Å²) in [6.07, 6.45) is 2.52. The molecular weight excluding hydrogens is 608 g/mol. The molecule has 0 spiro atoms. The van der Waals surface area contributed by atoms with Crippen molar-refractivity contribution >= 4 is 40.4 Å². The van der Waals surface area contributed by atoms with Crippen molar-refractivity contribution < 1.29 is 14.4 Å². The monoisotopic (exact) mass is 632 g/mol. The Morgan fingerprint density at radius 3 is 2.66 bits per heavy atom. The second-order valence-electron chi connectivity index (χ2n) is 10.9. The maximum atomic E-state index is 13.7. The maximum Gasteiger partial charge on any atom is 0.270 e. The lowest BCUT2D eigenvalue weighted by Crippen LogP contribution is -2.36. The van der Waals surface area contributed by atoms with E-state index in [4.69, 9.17) is 11.5 Å². The van der Waals surface area contributed by atoms with Gasteiger partial charge in [0.15, 0.2) is 5.65 Å². The molecule has 1 atom stereocenters. The zero-order chi connectivity index (χ0) is 32.8. The molecule has 7 rings (SSSR count). The summed E-state index contributed by atoms with van der Waals surface area (Å²) in [4.78, 5) is 66.6. The van der Waals surface area contributed by atoms with E-state index in [1.165, 1.54) is 16.8 Å². The lowest BCUT2D eigenvalue weighted by Gasteiger charge is -2.16. The fourth-order valence-corrected chi connectivity index (χ4v) is 5.55. The average Bonchev–Trinajstić information content (AvgIpc) is 3.86. The first-order valence-electron chi connectivity index (χ1n) is 14.3. The molecule has 17 heteroatoms. The number of nitrogens with zero attached hydrogens (tertiary/aromatic N) is 6. The quantitative estimate of drug-likeness (QED) is 0.117. The van der Waals surface area contributed by atoms with Gasteiger partial charge in [0.1, 0.15) is 28.3 Å². The standard InChI is InChI=1S/C30H24N12O5/c31-22-23(25(44)24(22)43)35-16-3-1-2-13(8-16)11-33-29(46)20-10-21(42-28(36-20)18(12-34-42)26(32)45)30(47)37-19-7-5-14-9-15(4-6-17(14)19)27-38-40-41-39-27/h1-4,6,8-10,12,19,35H,5,7,11,31H2,(H2,32,45)(H,33,46)(H,37,47)(H,38,39,40,41)/t19-/m0/s1. The summed E-state index contributed by atoms with van der Waals surface area (Å²) in [5, 5.41) is 26.8. The predicted molar refractivity (Wildman–Crippen MR) is 166 cm³/mol. The predicted octanol–water partition coefficient (Wildman–Crippen LogP) is 0.277. The average molecular weight is 633 g/mol. The van der Waals surface area contributed by atoms with Gasteiger partial charge in [-0.25, -0.2) is 9.50 Å². The molecule has 3 amide bonds. The topological polar surface area (TPSA) is 258 Å². The number of nitrogens with one attached hydrogen (secondary N) is 4. The van der Waals surface area contributed by atoms with E-state index >= 15 is 0 Å². The van der Waals surface area contributed by atoms with Crippen molar-refractivity contribution in [3.8, 4) is 11.4 Å². The first-order valence-corrected chi connectivity index (χ1v) is 14.3. The van der Waals surface area contributed by atoms with E-state index in [1.807, 2.05) is 18.2 Å². The number of aromatic amines is 1. The number of hydrogen-bond donors (Lipinski definition) is 6. The van der Waals surface area contributed by atoms with E-state index in [0.717, 1.165) is 16.7 Å². The fourth-order valence-electron chi connectivity index (χ4n) is 5.55. The molecule has 0 bridgehead atoms. The second-order valence-corrected chi connectivity index (χ2v) is 10.9. The van der Waals surface area contributed by atoms with Crippen LogP contribution < -0.4 is 38.3 Å². The Morgan fingerprint density at radius 1 is 1.04 bits per heavy atom. The van der Waals surface area contributed by atoms with Crippen LogP contribution in [0.3, 0.4) is 0 Å². The number of carbonyl (C=O) groups is 3. The third-order valence-electron chi connectivity index (χ3n) is 7.93. The highest BCUT2D eigenvalue weighted by Gasteiger charge is 2.28. The van der Waals surface area contributed by atoms with E-state index < -0.39 is 28.6 Å². The number of anilines is 3. The number of benzene rings is 2. The summed E-state index contributed by atoms with van der Waals surface area (Å²) < 4.78 is 1.17. The number of hydrogen-bond acceptors (Lipinski definition) is 12. The van der Waals surface area contributed by atoms with Gasteiger partial charge in [0.2, 0.25) is 5.82 Å². The van der Waals surface area contributed by atoms with Gasteiger partial charge in [0, 0.05) is 23.9 Å². The highest BCUT2D eigenvalue weighted by molar-refractivity contribution is 6.02. The number of tetrazole rings is 1. The van der Waals surface area contributed by atoms with Gasteiger partial charge >= 0.3 is 0 Å². The van der Waals surface area contributed by atoms with Crippen molar-refractivity contribution in [1.29, 1.82) is 0 Å². The zero-order valence-electron chi connectivity index (χ0n) is 24.3. The highest BCUT2D eigenvalue weighted by atomic mass is 16.2. The summed E-state index contributed by atoms with van der Waals surface area (Å²) in [5.74, 6) is -1.54. The molecule has 234 valence electrons. The molecule has 0 radical (unpaired) electrons. The molecule has 17 nitrogen and oxygen atoms in total. The van der Waals surface area contributed by atoms with Gasteiger partial charge in [-0.1, -0.05) is 24.3 Å². The van der Waals surface area contributed by atoms with Crippen LogP contribution in [0.25, 0.3) is 17.0 Å². The minimum Gasteiger partial charge on any atom is -0.394 e. The van der Waals surface area contributed by atoms with Crippen LogP contribution in [0, 0.1) is 0 Å². The highest BCUT2D eigenvalue weighted by Crippen LogP contribution is 2.33. The first-order chi connectivity index (χ1) is 22.7. The molecule has 0 aliphatic heterocycles. The number of aromatic nitrogens is 7. The molecular formula is C30H24N12O5. The van der Waals surface area contributed by atoms with Gasteiger partial charge in [-0.15, -0.1) is 10.2 Å². The van der Waals surface area contributed by atoms with E-state index in [0.29, 0.717) is 29.9 Å². The van der Waals surface area contributed by atoms with E-state index in [2.05, 4.69) is 46.7 Å². The molecule has 1 aliphatic rings. The van der Waals surface area contributed by atoms with Gasteiger partial charge in [0.05, 0.1) is 12.2 Å². The van der Waals surface area contributed by atoms with Gasteiger partial charge in [0.25, 0.3) is 28.6 Å². The van der Waals surface area contributed by atoms with Crippen LogP contribution in [0.4, 0.5) is 17.1 Å². The molecule has 6 aromatic rings. The number of amides is 3. The molecule has 47 heavy (non-hydrogen) atoms. The van der Waals surface area contributed by atoms with Gasteiger partial charge in [-0.05, 0) is 52.9 Å². The van der Waals surface area contributed by atoms with E-state index in [-0.39, 0.29) is 46.6 Å². The summed E-state index contributed by atoms with van der Waals surface area (Å²) in [6, 6.07) is 13.4. The number of rotatable bonds is 9. The van der Waals surface area contributed by atoms with Gasteiger partial charge < -0.3 is 27.4 Å². The Balaban J connectivity index is 1.12. The van der Waals surface area contributed by atoms with E-state index in [1.54, 1.807) is 24.3 Å². The normalized spacial score (nSPS) is 13.8. The van der Waals surface area contributed by atoms with Crippen LogP contribution in [0.15, 0.2) is 64.3 Å². The summed E-state index contributed by atoms with van der Waals surface area (Å²) in [5.41, 5.74) is 13.1. The number of nitrogen functional groups attached to an aromatic ring is 1. The summed E-state index contributed by atoms with van der Waals surface area (Å²) in [6.45, 7) is 0.0385. The first kappa shape index (κ1) is 29.0. The SMILES string of the molecule is NC(=O)c1cnn2c(C(=O)N[C@H]3CCc4cc(-c5nn[nH]n5)ccc43)cc(C(=O)NCc3cccc(Nc4c(N)c(=O)c4=O)c3)nc12. The number of H-pyrrole nitrogens is 1. The second kappa shape index (κ2) is 11.3. The van der Waals surface area contributed by atoms with Crippen molar-refractivity contribution in [3.05, 3.63) is 109 Å². The van der Waals surface area contributed by atoms with Gasteiger partial charge in [-0.3, -0.25) is 24.0 Å². The van der Waals surface area contributed by atoms with Crippen LogP contribution in [0.5, 0.6) is 0 Å². The van der Waals surface area contributed by atoms with Crippen LogP contribution >= 0.6 is 0 Å². The molecule has 0 saturated carbocycles. The molecule has 1 aliphatic carbocycles. The minimum atomic E-state index is -0.828. The zero-order valence-corrected chi connectivity index (χ0v) is 24.3. The van der Waals surface area contributed by atoms with Crippen molar-refractivity contribution in [2.45, 2.75) is 25.4 Å². The summed E-state index contributed by atoms with van der Waals surface area (Å²) >= 11 is 0. The lowest BCUT2D eigenvalue weighted by atomic mass is 10.0. The van der Waals surface area contributed by atoms with Crippen LogP contribution in [-0.2, 0) is 13.0 Å². The number of nitrogens with two attached hydrogens (primary N) is 2. The van der Waals surface area contributed by atoms with Crippen molar-refractivity contribution in [1.82, 2.24) is 45.9 Å². The molecule has 0 fully saturated rings.